The van der Waals surface area contributed by atoms with Crippen molar-refractivity contribution in [3.8, 4) is 0 Å². The van der Waals surface area contributed by atoms with Crippen molar-refractivity contribution in [1.82, 2.24) is 0 Å². The Kier molecular flexibility index (Phi) is 3.27. The predicted molar refractivity (Wildman–Crippen MR) is 100 cm³/mol. The summed E-state index contributed by atoms with van der Waals surface area (Å²) in [5, 5.41) is 0. The van der Waals surface area contributed by atoms with Crippen molar-refractivity contribution in [3.05, 3.63) is 95.6 Å². The maximum absolute atomic E-state index is 14.6. The van der Waals surface area contributed by atoms with E-state index in [-0.39, 0.29) is 0 Å². The summed E-state index contributed by atoms with van der Waals surface area (Å²) >= 11 is 0. The van der Waals surface area contributed by atoms with Crippen LogP contribution < -0.4 is 4.90 Å². The third kappa shape index (κ3) is 2.07. The van der Waals surface area contributed by atoms with E-state index in [1.54, 1.807) is 30.3 Å². The molecule has 27 heavy (non-hydrogen) atoms. The molecule has 0 radical (unpaired) electrons. The highest BCUT2D eigenvalue weighted by molar-refractivity contribution is 5.81. The average Bonchev–Trinajstić information content (AvgIpc) is 3.25. The summed E-state index contributed by atoms with van der Waals surface area (Å²) in [6.45, 7) is 1.93. The minimum absolute atomic E-state index is 0.348. The van der Waals surface area contributed by atoms with Gasteiger partial charge in [0.15, 0.2) is 0 Å². The Bertz CT molecular complexity index is 997. The van der Waals surface area contributed by atoms with Crippen LogP contribution in [0.4, 0.5) is 24.5 Å². The summed E-state index contributed by atoms with van der Waals surface area (Å²) in [6.07, 6.45) is -4.34. The second kappa shape index (κ2) is 5.38. The van der Waals surface area contributed by atoms with E-state index < -0.39 is 23.6 Å². The predicted octanol–water partition coefficient (Wildman–Crippen LogP) is 6.11. The standard InChI is InChI=1S/C23H18F3N/c1-15-12-13-19-18(14-15)20-21(27(19)17-10-6-3-7-11-17)22(20,23(24,25)26)16-8-4-2-5-9-16/h2-14,20-21H,1H3/t20-,21+,22+/m0/s1. The zero-order valence-corrected chi connectivity index (χ0v) is 14.7. The van der Waals surface area contributed by atoms with E-state index in [0.717, 1.165) is 22.5 Å². The van der Waals surface area contributed by atoms with Gasteiger partial charge in [-0.05, 0) is 36.2 Å². The van der Waals surface area contributed by atoms with Crippen molar-refractivity contribution in [3.63, 3.8) is 0 Å². The molecule has 0 saturated heterocycles. The van der Waals surface area contributed by atoms with Crippen molar-refractivity contribution >= 4 is 11.4 Å². The third-order valence-electron chi connectivity index (χ3n) is 5.97. The molecule has 0 N–H and O–H groups in total. The van der Waals surface area contributed by atoms with E-state index in [2.05, 4.69) is 0 Å². The molecule has 136 valence electrons. The summed E-state index contributed by atoms with van der Waals surface area (Å²) in [7, 11) is 0. The summed E-state index contributed by atoms with van der Waals surface area (Å²) in [4.78, 5) is 1.89. The van der Waals surface area contributed by atoms with E-state index in [9.17, 15) is 13.2 Å². The molecule has 3 atom stereocenters. The lowest BCUT2D eigenvalue weighted by Gasteiger charge is -2.32. The molecule has 1 aliphatic carbocycles. The molecule has 3 aromatic rings. The molecule has 1 fully saturated rings. The maximum atomic E-state index is 14.6. The molecule has 5 rings (SSSR count). The summed E-state index contributed by atoms with van der Waals surface area (Å²) < 4.78 is 43.7. The molecule has 3 aromatic carbocycles. The van der Waals surface area contributed by atoms with Crippen LogP contribution in [-0.4, -0.2) is 12.2 Å². The van der Waals surface area contributed by atoms with Crippen LogP contribution in [0.2, 0.25) is 0 Å². The second-order valence-corrected chi connectivity index (χ2v) is 7.42. The Morgan fingerprint density at radius 3 is 2.11 bits per heavy atom. The Hall–Kier alpha value is -2.75. The number of rotatable bonds is 2. The lowest BCUT2D eigenvalue weighted by Crippen LogP contribution is -2.39. The topological polar surface area (TPSA) is 3.24 Å². The van der Waals surface area contributed by atoms with Gasteiger partial charge in [0.2, 0.25) is 0 Å². The van der Waals surface area contributed by atoms with Crippen molar-refractivity contribution < 1.29 is 13.2 Å². The fourth-order valence-corrected chi connectivity index (χ4v) is 4.89. The van der Waals surface area contributed by atoms with Gasteiger partial charge < -0.3 is 4.90 Å². The highest BCUT2D eigenvalue weighted by Gasteiger charge is 2.83. The lowest BCUT2D eigenvalue weighted by atomic mass is 9.87. The molecule has 2 aliphatic rings. The largest absolute Gasteiger partial charge is 0.401 e. The molecule has 0 bridgehead atoms. The number of anilines is 2. The van der Waals surface area contributed by atoms with Crippen LogP contribution in [0.1, 0.15) is 22.6 Å². The third-order valence-corrected chi connectivity index (χ3v) is 5.97. The fraction of sp³-hybridized carbons (Fsp3) is 0.217. The van der Waals surface area contributed by atoms with Gasteiger partial charge in [0.1, 0.15) is 5.41 Å². The first-order valence-corrected chi connectivity index (χ1v) is 9.03. The number of para-hydroxylation sites is 1. The molecule has 4 heteroatoms. The van der Waals surface area contributed by atoms with E-state index in [1.807, 2.05) is 60.4 Å². The lowest BCUT2D eigenvalue weighted by molar-refractivity contribution is -0.163. The van der Waals surface area contributed by atoms with Crippen molar-refractivity contribution in [1.29, 1.82) is 0 Å². The van der Waals surface area contributed by atoms with Gasteiger partial charge in [0.05, 0.1) is 6.04 Å². The minimum Gasteiger partial charge on any atom is -0.336 e. The normalized spacial score (nSPS) is 25.9. The van der Waals surface area contributed by atoms with Gasteiger partial charge in [-0.15, -0.1) is 0 Å². The molecule has 1 saturated carbocycles. The molecule has 0 amide bonds. The summed E-state index contributed by atoms with van der Waals surface area (Å²) in [5.74, 6) is -0.588. The van der Waals surface area contributed by atoms with Crippen LogP contribution in [0.25, 0.3) is 0 Å². The number of benzene rings is 3. The number of nitrogens with zero attached hydrogens (tertiary/aromatic N) is 1. The minimum atomic E-state index is -4.34. The van der Waals surface area contributed by atoms with Crippen LogP contribution in [0, 0.1) is 6.92 Å². The zero-order chi connectivity index (χ0) is 18.8. The van der Waals surface area contributed by atoms with Gasteiger partial charge in [-0.25, -0.2) is 0 Å². The fourth-order valence-electron chi connectivity index (χ4n) is 4.89. The van der Waals surface area contributed by atoms with Gasteiger partial charge in [-0.3, -0.25) is 0 Å². The smallest absolute Gasteiger partial charge is 0.336 e. The van der Waals surface area contributed by atoms with Crippen molar-refractivity contribution in [2.24, 2.45) is 0 Å². The van der Waals surface area contributed by atoms with Crippen molar-refractivity contribution in [2.45, 2.75) is 30.5 Å². The zero-order valence-electron chi connectivity index (χ0n) is 14.7. The van der Waals surface area contributed by atoms with Crippen LogP contribution >= 0.6 is 0 Å². The first-order valence-electron chi connectivity index (χ1n) is 9.03. The summed E-state index contributed by atoms with van der Waals surface area (Å²) in [6, 6.07) is 23.0. The first-order chi connectivity index (χ1) is 13.0. The molecule has 0 unspecified atom stereocenters. The average molecular weight is 365 g/mol. The highest BCUT2D eigenvalue weighted by Crippen LogP contribution is 2.75. The van der Waals surface area contributed by atoms with Gasteiger partial charge in [-0.1, -0.05) is 66.2 Å². The molecule has 1 heterocycles. The first kappa shape index (κ1) is 16.4. The highest BCUT2D eigenvalue weighted by atomic mass is 19.4. The molecular formula is C23H18F3N. The number of hydrogen-bond donors (Lipinski definition) is 0. The molecule has 0 aromatic heterocycles. The monoisotopic (exact) mass is 365 g/mol. The second-order valence-electron chi connectivity index (χ2n) is 7.42. The number of aryl methyl sites for hydroxylation is 1. The van der Waals surface area contributed by atoms with E-state index in [4.69, 9.17) is 0 Å². The van der Waals surface area contributed by atoms with Gasteiger partial charge in [0.25, 0.3) is 0 Å². The van der Waals surface area contributed by atoms with E-state index >= 15 is 0 Å². The summed E-state index contributed by atoms with van der Waals surface area (Å²) in [5.41, 5.74) is 1.95. The number of fused-ring (bicyclic) bond motifs is 3. The van der Waals surface area contributed by atoms with Crippen molar-refractivity contribution in [2.75, 3.05) is 4.90 Å². The van der Waals surface area contributed by atoms with Crippen LogP contribution in [0.15, 0.2) is 78.9 Å². The Morgan fingerprint density at radius 2 is 1.48 bits per heavy atom. The molecule has 0 spiro atoms. The van der Waals surface area contributed by atoms with Crippen LogP contribution in [-0.2, 0) is 5.41 Å². The Balaban J connectivity index is 1.76. The van der Waals surface area contributed by atoms with Crippen LogP contribution in [0.5, 0.6) is 0 Å². The van der Waals surface area contributed by atoms with E-state index in [1.165, 1.54) is 0 Å². The molecular weight excluding hydrogens is 347 g/mol. The maximum Gasteiger partial charge on any atom is 0.401 e. The Labute approximate surface area is 156 Å². The van der Waals surface area contributed by atoms with E-state index in [0.29, 0.717) is 5.56 Å². The quantitative estimate of drug-likeness (QED) is 0.529. The number of hydrogen-bond acceptors (Lipinski definition) is 1. The molecule has 1 nitrogen and oxygen atoms in total. The molecule has 1 aliphatic heterocycles. The van der Waals surface area contributed by atoms with Crippen LogP contribution in [0.3, 0.4) is 0 Å². The SMILES string of the molecule is Cc1ccc2c(c1)[C@H]1[C@@H](N2c2ccccc2)[C@]1(c1ccccc1)C(F)(F)F. The number of alkyl halides is 3. The van der Waals surface area contributed by atoms with Gasteiger partial charge in [-0.2, -0.15) is 13.2 Å². The Morgan fingerprint density at radius 1 is 0.852 bits per heavy atom. The van der Waals surface area contributed by atoms with Gasteiger partial charge in [0, 0.05) is 17.3 Å². The number of halogens is 3. The van der Waals surface area contributed by atoms with Gasteiger partial charge >= 0.3 is 6.18 Å².